The maximum atomic E-state index is 13.9. The first-order valence-corrected chi connectivity index (χ1v) is 24.6. The number of hydrogen-bond donors (Lipinski definition) is 3. The molecule has 338 valence electrons. The van der Waals surface area contributed by atoms with Crippen LogP contribution in [0.3, 0.4) is 0 Å². The van der Waals surface area contributed by atoms with Crippen LogP contribution in [-0.2, 0) is 20.0 Å². The number of esters is 1. The van der Waals surface area contributed by atoms with Gasteiger partial charge in [-0.2, -0.15) is 0 Å². The first-order valence-electron chi connectivity index (χ1n) is 21.5. The SMILES string of the molecule is CCCCCCN(CCCC)c1cc(C(=O)Oc2ccc(Oc3c(N(CCCCC)CCCCC)cc(C(=O)O)cc3S(N)(=O)=O)cc2)cc(S(N)(=O)=O)c1Oc1ccccc1. The van der Waals surface area contributed by atoms with Gasteiger partial charge in [-0.05, 0) is 86.3 Å². The molecule has 0 amide bonds. The fourth-order valence-corrected chi connectivity index (χ4v) is 8.26. The van der Waals surface area contributed by atoms with Gasteiger partial charge < -0.3 is 29.1 Å². The van der Waals surface area contributed by atoms with Crippen LogP contribution < -0.4 is 34.3 Å². The smallest absolute Gasteiger partial charge is 0.343 e. The minimum absolute atomic E-state index is 0.00672. The molecule has 0 unspecified atom stereocenters. The number of aromatic carboxylic acids is 1. The molecule has 0 heterocycles. The van der Waals surface area contributed by atoms with Gasteiger partial charge >= 0.3 is 11.9 Å². The molecule has 0 saturated carbocycles. The van der Waals surface area contributed by atoms with E-state index in [9.17, 15) is 31.5 Å². The second-order valence-corrected chi connectivity index (χ2v) is 18.3. The fourth-order valence-electron chi connectivity index (χ4n) is 6.87. The first kappa shape index (κ1) is 49.5. The number of carbonyl (C=O) groups excluding carboxylic acids is 1. The number of para-hydroxylation sites is 1. The number of carboxylic acids is 1. The van der Waals surface area contributed by atoms with Crippen LogP contribution in [0.25, 0.3) is 0 Å². The number of ether oxygens (including phenoxy) is 3. The fraction of sp³-hybridized carbons (Fsp3) is 0.435. The van der Waals surface area contributed by atoms with Crippen molar-refractivity contribution in [3.05, 3.63) is 90.0 Å². The van der Waals surface area contributed by atoms with E-state index in [-0.39, 0.29) is 44.7 Å². The molecule has 14 nitrogen and oxygen atoms in total. The largest absolute Gasteiger partial charge is 0.478 e. The molecule has 0 aliphatic carbocycles. The molecule has 4 aromatic rings. The summed E-state index contributed by atoms with van der Waals surface area (Å²) in [6.07, 6.45) is 10.8. The standard InChI is InChI=1S/C46H62N4O10S2/c1-5-9-13-19-29-49(26-12-8-4)40-31-35(33-42(62(48,56)57)44(40)58-36-20-15-14-16-21-36)46(53)60-38-24-22-37(23-25-38)59-43-39(50(27-17-10-6-2)28-18-11-7-3)30-34(45(51)52)32-41(43)61(47,54)55/h14-16,20-25,30-33H,5-13,17-19,26-29H2,1-4H3,(H,51,52)(H2,47,54,55)(H2,48,56,57). The summed E-state index contributed by atoms with van der Waals surface area (Å²) in [5.41, 5.74) is 0.325. The third-order valence-corrected chi connectivity index (χ3v) is 12.0. The number of carbonyl (C=O) groups is 2. The number of primary sulfonamides is 2. The first-order chi connectivity index (χ1) is 29.6. The van der Waals surface area contributed by atoms with Gasteiger partial charge in [0.15, 0.2) is 11.5 Å². The average Bonchev–Trinajstić information content (AvgIpc) is 3.23. The van der Waals surface area contributed by atoms with Crippen LogP contribution in [0.15, 0.2) is 88.7 Å². The van der Waals surface area contributed by atoms with Gasteiger partial charge in [0.25, 0.3) is 0 Å². The predicted octanol–water partition coefficient (Wildman–Crippen LogP) is 9.86. The highest BCUT2D eigenvalue weighted by Crippen LogP contribution is 2.42. The van der Waals surface area contributed by atoms with E-state index in [1.165, 1.54) is 30.3 Å². The van der Waals surface area contributed by atoms with E-state index in [2.05, 4.69) is 27.7 Å². The normalized spacial score (nSPS) is 11.6. The third-order valence-electron chi connectivity index (χ3n) is 10.2. The van der Waals surface area contributed by atoms with Crippen molar-refractivity contribution in [3.63, 3.8) is 0 Å². The molecule has 0 atom stereocenters. The minimum atomic E-state index is -4.48. The number of unbranched alkanes of at least 4 members (excludes halogenated alkanes) is 8. The average molecular weight is 895 g/mol. The second kappa shape index (κ2) is 23.9. The summed E-state index contributed by atoms with van der Waals surface area (Å²) in [6, 6.07) is 19.6. The van der Waals surface area contributed by atoms with E-state index >= 15 is 0 Å². The number of rotatable bonds is 27. The molecule has 0 aromatic heterocycles. The Morgan fingerprint density at radius 3 is 1.40 bits per heavy atom. The molecular weight excluding hydrogens is 833 g/mol. The molecule has 16 heteroatoms. The van der Waals surface area contributed by atoms with Gasteiger partial charge in [0.05, 0.1) is 22.5 Å². The Kier molecular flexibility index (Phi) is 19.1. The van der Waals surface area contributed by atoms with Gasteiger partial charge in [0, 0.05) is 26.2 Å². The monoisotopic (exact) mass is 894 g/mol. The highest BCUT2D eigenvalue weighted by atomic mass is 32.2. The summed E-state index contributed by atoms with van der Waals surface area (Å²) < 4.78 is 70.7. The molecule has 0 aliphatic rings. The van der Waals surface area contributed by atoms with Crippen molar-refractivity contribution in [3.8, 4) is 28.7 Å². The third kappa shape index (κ3) is 14.5. The van der Waals surface area contributed by atoms with Crippen LogP contribution in [0.4, 0.5) is 11.4 Å². The Bertz CT molecular complexity index is 2300. The zero-order valence-electron chi connectivity index (χ0n) is 36.3. The van der Waals surface area contributed by atoms with E-state index in [1.54, 1.807) is 30.3 Å². The maximum Gasteiger partial charge on any atom is 0.343 e. The number of carboxylic acid groups (broad SMARTS) is 1. The summed E-state index contributed by atoms with van der Waals surface area (Å²) in [4.78, 5) is 29.2. The van der Waals surface area contributed by atoms with Crippen LogP contribution in [0.1, 0.15) is 125 Å². The lowest BCUT2D eigenvalue weighted by Crippen LogP contribution is -2.27. The van der Waals surface area contributed by atoms with Crippen molar-refractivity contribution in [1.29, 1.82) is 0 Å². The van der Waals surface area contributed by atoms with Crippen molar-refractivity contribution in [2.24, 2.45) is 10.3 Å². The van der Waals surface area contributed by atoms with Crippen molar-refractivity contribution >= 4 is 43.4 Å². The molecule has 5 N–H and O–H groups in total. The number of sulfonamides is 2. The van der Waals surface area contributed by atoms with Gasteiger partial charge in [-0.1, -0.05) is 97.3 Å². The topological polar surface area (TPSA) is 209 Å². The zero-order valence-corrected chi connectivity index (χ0v) is 37.9. The Hall–Kier alpha value is -5.16. The molecule has 0 fully saturated rings. The molecule has 62 heavy (non-hydrogen) atoms. The summed E-state index contributed by atoms with van der Waals surface area (Å²) in [5.74, 6) is -1.70. The number of nitrogens with zero attached hydrogens (tertiary/aromatic N) is 2. The highest BCUT2D eigenvalue weighted by Gasteiger charge is 2.29. The van der Waals surface area contributed by atoms with E-state index in [0.717, 1.165) is 89.2 Å². The summed E-state index contributed by atoms with van der Waals surface area (Å²) in [5, 5.41) is 21.4. The van der Waals surface area contributed by atoms with E-state index in [0.29, 0.717) is 37.6 Å². The van der Waals surface area contributed by atoms with Crippen molar-refractivity contribution < 1.29 is 45.7 Å². The number of benzene rings is 4. The minimum Gasteiger partial charge on any atom is -0.478 e. The molecule has 0 saturated heterocycles. The number of nitrogens with two attached hydrogens (primary N) is 2. The maximum absolute atomic E-state index is 13.9. The van der Waals surface area contributed by atoms with Crippen LogP contribution in [0.2, 0.25) is 0 Å². The van der Waals surface area contributed by atoms with Crippen molar-refractivity contribution in [2.45, 2.75) is 115 Å². The predicted molar refractivity (Wildman–Crippen MR) is 243 cm³/mol. The van der Waals surface area contributed by atoms with Crippen molar-refractivity contribution in [2.75, 3.05) is 36.0 Å². The van der Waals surface area contributed by atoms with E-state index in [4.69, 9.17) is 24.5 Å². The highest BCUT2D eigenvalue weighted by molar-refractivity contribution is 7.89. The number of hydrogen-bond acceptors (Lipinski definition) is 11. The number of anilines is 2. The van der Waals surface area contributed by atoms with Gasteiger partial charge in [-0.15, -0.1) is 0 Å². The second-order valence-electron chi connectivity index (χ2n) is 15.2. The quantitative estimate of drug-likeness (QED) is 0.0290. The lowest BCUT2D eigenvalue weighted by atomic mass is 10.1. The Morgan fingerprint density at radius 1 is 0.532 bits per heavy atom. The van der Waals surface area contributed by atoms with Crippen molar-refractivity contribution in [1.82, 2.24) is 0 Å². The van der Waals surface area contributed by atoms with Gasteiger partial charge in [-0.25, -0.2) is 36.7 Å². The molecule has 4 aromatic carbocycles. The molecule has 0 spiro atoms. The Balaban J connectivity index is 1.75. The van der Waals surface area contributed by atoms with E-state index < -0.39 is 36.9 Å². The van der Waals surface area contributed by atoms with Gasteiger partial charge in [0.2, 0.25) is 20.0 Å². The summed E-state index contributed by atoms with van der Waals surface area (Å²) in [6.45, 7) is 10.5. The van der Waals surface area contributed by atoms with Crippen LogP contribution in [-0.4, -0.2) is 60.1 Å². The van der Waals surface area contributed by atoms with E-state index in [1.807, 2.05) is 15.9 Å². The molecule has 0 radical (unpaired) electrons. The Labute approximate surface area is 367 Å². The zero-order chi connectivity index (χ0) is 45.3. The van der Waals surface area contributed by atoms with Crippen LogP contribution in [0.5, 0.6) is 28.7 Å². The summed E-state index contributed by atoms with van der Waals surface area (Å²) >= 11 is 0. The molecule has 0 bridgehead atoms. The van der Waals surface area contributed by atoms with Gasteiger partial charge in [-0.3, -0.25) is 0 Å². The lowest BCUT2D eigenvalue weighted by molar-refractivity contribution is 0.0694. The summed E-state index contributed by atoms with van der Waals surface area (Å²) in [7, 11) is -8.91. The van der Waals surface area contributed by atoms with Gasteiger partial charge in [0.1, 0.15) is 27.0 Å². The van der Waals surface area contributed by atoms with Crippen LogP contribution >= 0.6 is 0 Å². The molecule has 4 rings (SSSR count). The van der Waals surface area contributed by atoms with Crippen LogP contribution in [0, 0.1) is 0 Å². The Morgan fingerprint density at radius 2 is 0.935 bits per heavy atom. The lowest BCUT2D eigenvalue weighted by Gasteiger charge is -2.28. The molecule has 0 aliphatic heterocycles. The molecular formula is C46H62N4O10S2.